The van der Waals surface area contributed by atoms with Gasteiger partial charge in [0.2, 0.25) is 0 Å². The molecule has 3 heterocycles. The van der Waals surface area contributed by atoms with E-state index < -0.39 is 0 Å². The van der Waals surface area contributed by atoms with E-state index >= 15 is 0 Å². The zero-order valence-corrected chi connectivity index (χ0v) is 24.7. The number of aliphatic imine (C=N–C) groups is 2. The first-order valence-electron chi connectivity index (χ1n) is 14.0. The van der Waals surface area contributed by atoms with Crippen LogP contribution in [0.2, 0.25) is 0 Å². The Bertz CT molecular complexity index is 1050. The number of nitrogens with zero attached hydrogens (tertiary/aromatic N) is 3. The van der Waals surface area contributed by atoms with E-state index in [1.807, 2.05) is 26.0 Å². The summed E-state index contributed by atoms with van der Waals surface area (Å²) in [6, 6.07) is 0. The summed E-state index contributed by atoms with van der Waals surface area (Å²) < 4.78 is 0. The van der Waals surface area contributed by atoms with Crippen LogP contribution in [0.3, 0.4) is 0 Å². The highest BCUT2D eigenvalue weighted by Crippen LogP contribution is 2.32. The minimum Gasteiger partial charge on any atom is -0.317 e. The number of amidine groups is 1. The molecule has 0 aromatic heterocycles. The number of nitrogens with one attached hydrogen (secondary N) is 1. The smallest absolute Gasteiger partial charge is 0.140 e. The third kappa shape index (κ3) is 8.67. The first-order valence-corrected chi connectivity index (χ1v) is 14.0. The number of fused-ring (bicyclic) bond motifs is 1. The molecule has 3 rings (SSSR count). The highest BCUT2D eigenvalue weighted by atomic mass is 15.2. The van der Waals surface area contributed by atoms with Gasteiger partial charge in [0, 0.05) is 18.9 Å². The fourth-order valence-corrected chi connectivity index (χ4v) is 4.47. The molecule has 0 spiro atoms. The normalized spacial score (nSPS) is 20.2. The van der Waals surface area contributed by atoms with Gasteiger partial charge in [-0.05, 0) is 107 Å². The summed E-state index contributed by atoms with van der Waals surface area (Å²) in [4.78, 5) is 11.5. The average Bonchev–Trinajstić information content (AvgIpc) is 2.90. The van der Waals surface area contributed by atoms with Crippen LogP contribution < -0.4 is 5.32 Å². The molecule has 0 aromatic rings. The number of rotatable bonds is 8. The molecular formula is C33H50N4. The van der Waals surface area contributed by atoms with Crippen LogP contribution in [0.25, 0.3) is 0 Å². The summed E-state index contributed by atoms with van der Waals surface area (Å²) in [6.07, 6.45) is 17.1. The van der Waals surface area contributed by atoms with Crippen molar-refractivity contribution in [3.8, 4) is 0 Å². The van der Waals surface area contributed by atoms with Crippen molar-refractivity contribution in [1.82, 2.24) is 10.2 Å². The highest BCUT2D eigenvalue weighted by Gasteiger charge is 2.27. The molecule has 1 atom stereocenters. The van der Waals surface area contributed by atoms with Gasteiger partial charge in [-0.3, -0.25) is 4.99 Å². The predicted octanol–water partition coefficient (Wildman–Crippen LogP) is 8.31. The van der Waals surface area contributed by atoms with Crippen molar-refractivity contribution < 1.29 is 0 Å². The molecule has 0 amide bonds. The molecule has 0 bridgehead atoms. The van der Waals surface area contributed by atoms with E-state index in [1.54, 1.807) is 12.6 Å². The van der Waals surface area contributed by atoms with Gasteiger partial charge in [-0.2, -0.15) is 0 Å². The van der Waals surface area contributed by atoms with E-state index in [2.05, 4.69) is 81.3 Å². The lowest BCUT2D eigenvalue weighted by molar-refractivity contribution is 0.420. The fourth-order valence-electron chi connectivity index (χ4n) is 4.47. The van der Waals surface area contributed by atoms with Crippen molar-refractivity contribution in [2.24, 2.45) is 21.8 Å². The topological polar surface area (TPSA) is 40.0 Å². The largest absolute Gasteiger partial charge is 0.317 e. The number of unbranched alkanes of at least 4 members (excludes halogenated alkanes) is 1. The third-order valence-corrected chi connectivity index (χ3v) is 7.57. The number of hydrogen-bond donors (Lipinski definition) is 1. The molecule has 1 unspecified atom stereocenters. The number of hydrogen-bond acceptors (Lipinski definition) is 4. The Hall–Kier alpha value is -2.72. The van der Waals surface area contributed by atoms with E-state index in [0.29, 0.717) is 5.92 Å². The first kappa shape index (κ1) is 30.5. The Morgan fingerprint density at radius 2 is 1.89 bits per heavy atom. The Labute approximate surface area is 227 Å². The Balaban J connectivity index is 0.000000410. The maximum absolute atomic E-state index is 4.91. The third-order valence-electron chi connectivity index (χ3n) is 7.57. The van der Waals surface area contributed by atoms with E-state index in [9.17, 15) is 0 Å². The van der Waals surface area contributed by atoms with Gasteiger partial charge in [-0.25, -0.2) is 4.99 Å². The first-order chi connectivity index (χ1) is 17.6. The molecule has 3 aliphatic rings. The van der Waals surface area contributed by atoms with Crippen molar-refractivity contribution in [1.29, 1.82) is 0 Å². The lowest BCUT2D eigenvalue weighted by atomic mass is 9.87. The lowest BCUT2D eigenvalue weighted by Gasteiger charge is -2.34. The lowest BCUT2D eigenvalue weighted by Crippen LogP contribution is -2.34. The van der Waals surface area contributed by atoms with E-state index in [4.69, 9.17) is 4.99 Å². The molecule has 202 valence electrons. The van der Waals surface area contributed by atoms with Crippen molar-refractivity contribution >= 4 is 11.5 Å². The summed E-state index contributed by atoms with van der Waals surface area (Å²) in [5, 5.41) is 3.44. The van der Waals surface area contributed by atoms with Crippen molar-refractivity contribution in [3.05, 3.63) is 82.9 Å². The van der Waals surface area contributed by atoms with E-state index in [1.165, 1.54) is 43.3 Å². The SMILES string of the molecule is C=C(C)/C(C)=C/C(=NC)C1=CC(=C)N2C=C(C3CCNCC3)C=C(C)C2=N1.CCC/C=C(/C)C(C)CC. The summed E-state index contributed by atoms with van der Waals surface area (Å²) in [7, 11) is 1.80. The van der Waals surface area contributed by atoms with Crippen LogP contribution in [0.4, 0.5) is 0 Å². The van der Waals surface area contributed by atoms with Crippen LogP contribution in [0.5, 0.6) is 0 Å². The molecule has 4 nitrogen and oxygen atoms in total. The second kappa shape index (κ2) is 14.9. The van der Waals surface area contributed by atoms with Crippen LogP contribution in [0, 0.1) is 11.8 Å². The van der Waals surface area contributed by atoms with Crippen molar-refractivity contribution in [2.75, 3.05) is 20.1 Å². The number of allylic oxidation sites excluding steroid dienone is 8. The van der Waals surface area contributed by atoms with Gasteiger partial charge in [0.15, 0.2) is 0 Å². The summed E-state index contributed by atoms with van der Waals surface area (Å²) in [5.74, 6) is 2.33. The Kier molecular flexibility index (Phi) is 12.3. The summed E-state index contributed by atoms with van der Waals surface area (Å²) in [6.45, 7) is 25.7. The van der Waals surface area contributed by atoms with Gasteiger partial charge in [0.25, 0.3) is 0 Å². The monoisotopic (exact) mass is 502 g/mol. The summed E-state index contributed by atoms with van der Waals surface area (Å²) >= 11 is 0. The highest BCUT2D eigenvalue weighted by molar-refractivity contribution is 6.13. The van der Waals surface area contributed by atoms with E-state index in [0.717, 1.165) is 53.1 Å². The van der Waals surface area contributed by atoms with Crippen molar-refractivity contribution in [3.63, 3.8) is 0 Å². The molecule has 0 radical (unpaired) electrons. The van der Waals surface area contributed by atoms with E-state index in [-0.39, 0.29) is 0 Å². The molecule has 3 aliphatic heterocycles. The van der Waals surface area contributed by atoms with Gasteiger partial charge in [0.1, 0.15) is 5.84 Å². The second-order valence-corrected chi connectivity index (χ2v) is 10.6. The molecule has 1 saturated heterocycles. The molecule has 0 saturated carbocycles. The molecule has 0 aromatic carbocycles. The Morgan fingerprint density at radius 1 is 1.22 bits per heavy atom. The van der Waals surface area contributed by atoms with Gasteiger partial charge in [-0.1, -0.05) is 63.6 Å². The zero-order valence-electron chi connectivity index (χ0n) is 24.7. The number of piperidine rings is 1. The maximum atomic E-state index is 4.91. The van der Waals surface area contributed by atoms with Gasteiger partial charge in [0.05, 0.1) is 11.4 Å². The quantitative estimate of drug-likeness (QED) is 0.206. The predicted molar refractivity (Wildman–Crippen MR) is 164 cm³/mol. The van der Waals surface area contributed by atoms with Crippen LogP contribution in [-0.2, 0) is 0 Å². The molecule has 4 heteroatoms. The molecular weight excluding hydrogens is 452 g/mol. The minimum atomic E-state index is 0.606. The molecule has 1 N–H and O–H groups in total. The molecule has 0 aliphatic carbocycles. The zero-order chi connectivity index (χ0) is 27.5. The van der Waals surface area contributed by atoms with Crippen molar-refractivity contribution in [2.45, 2.75) is 80.6 Å². The van der Waals surface area contributed by atoms with Gasteiger partial charge >= 0.3 is 0 Å². The molecule has 37 heavy (non-hydrogen) atoms. The fraction of sp³-hybridized carbons (Fsp3) is 0.515. The van der Waals surface area contributed by atoms with Crippen LogP contribution in [0.15, 0.2) is 92.9 Å². The standard InChI is InChI=1S/C23H30N4.C10H20/c1-15(2)16(3)12-21(24-6)22-13-18(5)27-14-20(11-17(4)23(27)26-22)19-7-9-25-10-8-19;1-5-7-8-10(4)9(3)6-2/h11-14,19,25H,1,5,7-10H2,2-4,6H3;8-9H,5-7H2,1-4H3/b16-12+,24-21?;10-8-. The summed E-state index contributed by atoms with van der Waals surface area (Å²) in [5.41, 5.74) is 8.88. The van der Waals surface area contributed by atoms with Crippen LogP contribution >= 0.6 is 0 Å². The minimum absolute atomic E-state index is 0.606. The van der Waals surface area contributed by atoms with Crippen LogP contribution in [-0.4, -0.2) is 36.6 Å². The van der Waals surface area contributed by atoms with Gasteiger partial charge < -0.3 is 10.2 Å². The van der Waals surface area contributed by atoms with Crippen LogP contribution in [0.1, 0.15) is 80.6 Å². The van der Waals surface area contributed by atoms with Gasteiger partial charge in [-0.15, -0.1) is 0 Å². The second-order valence-electron chi connectivity index (χ2n) is 10.6. The average molecular weight is 503 g/mol. The maximum Gasteiger partial charge on any atom is 0.140 e. The molecule has 1 fully saturated rings. The Morgan fingerprint density at radius 3 is 2.46 bits per heavy atom.